The number of hydrogen-bond donors (Lipinski definition) is 1. The lowest BCUT2D eigenvalue weighted by atomic mass is 10.2. The first-order valence-electron chi connectivity index (χ1n) is 5.93. The van der Waals surface area contributed by atoms with E-state index in [9.17, 15) is 27.3 Å². The van der Waals surface area contributed by atoms with Crippen molar-refractivity contribution in [3.8, 4) is 0 Å². The van der Waals surface area contributed by atoms with Gasteiger partial charge in [0.1, 0.15) is 5.82 Å². The predicted molar refractivity (Wildman–Crippen MR) is 75.0 cm³/mol. The highest BCUT2D eigenvalue weighted by Gasteiger charge is 2.19. The molecule has 0 saturated carbocycles. The number of nitro benzene ring substituents is 1. The minimum Gasteiger partial charge on any atom is -0.279 e. The first-order chi connectivity index (χ1) is 10.2. The van der Waals surface area contributed by atoms with E-state index in [4.69, 9.17) is 0 Å². The number of sulfonamides is 1. The summed E-state index contributed by atoms with van der Waals surface area (Å²) >= 11 is 0. The highest BCUT2D eigenvalue weighted by molar-refractivity contribution is 7.92. The molecule has 0 atom stereocenters. The maximum absolute atomic E-state index is 13.4. The fourth-order valence-corrected chi connectivity index (χ4v) is 2.73. The Kier molecular flexibility index (Phi) is 4.09. The molecule has 0 bridgehead atoms. The summed E-state index contributed by atoms with van der Waals surface area (Å²) < 4.78 is 52.9. The van der Waals surface area contributed by atoms with E-state index < -0.39 is 32.3 Å². The van der Waals surface area contributed by atoms with Gasteiger partial charge in [0.15, 0.2) is 0 Å². The van der Waals surface area contributed by atoms with E-state index in [2.05, 4.69) is 0 Å². The lowest BCUT2D eigenvalue weighted by Crippen LogP contribution is -2.13. The van der Waals surface area contributed by atoms with Crippen LogP contribution in [0.5, 0.6) is 0 Å². The molecule has 0 aromatic heterocycles. The number of anilines is 1. The van der Waals surface area contributed by atoms with Gasteiger partial charge in [0, 0.05) is 6.07 Å². The van der Waals surface area contributed by atoms with Crippen LogP contribution in [0.2, 0.25) is 0 Å². The van der Waals surface area contributed by atoms with Crippen molar-refractivity contribution < 1.29 is 22.1 Å². The Bertz CT molecular complexity index is 853. The molecule has 2 aromatic carbocycles. The van der Waals surface area contributed by atoms with Crippen LogP contribution in [0.25, 0.3) is 0 Å². The lowest BCUT2D eigenvalue weighted by molar-refractivity contribution is -0.387. The zero-order chi connectivity index (χ0) is 16.5. The van der Waals surface area contributed by atoms with Gasteiger partial charge in [0.2, 0.25) is 5.82 Å². The molecule has 22 heavy (non-hydrogen) atoms. The smallest absolute Gasteiger partial charge is 0.279 e. The largest absolute Gasteiger partial charge is 0.306 e. The molecule has 0 unspecified atom stereocenters. The molecule has 0 aliphatic rings. The number of halogens is 2. The van der Waals surface area contributed by atoms with Gasteiger partial charge in [0.25, 0.3) is 10.0 Å². The molecule has 2 aromatic rings. The van der Waals surface area contributed by atoms with Crippen molar-refractivity contribution in [2.75, 3.05) is 4.72 Å². The first-order valence-corrected chi connectivity index (χ1v) is 7.42. The molecule has 0 fully saturated rings. The van der Waals surface area contributed by atoms with E-state index >= 15 is 0 Å². The van der Waals surface area contributed by atoms with Gasteiger partial charge >= 0.3 is 5.69 Å². The Morgan fingerprint density at radius 1 is 1.09 bits per heavy atom. The summed E-state index contributed by atoms with van der Waals surface area (Å²) in [5, 5.41) is 10.6. The third-order valence-corrected chi connectivity index (χ3v) is 4.23. The van der Waals surface area contributed by atoms with Crippen molar-refractivity contribution in [2.45, 2.75) is 11.8 Å². The van der Waals surface area contributed by atoms with Crippen molar-refractivity contribution >= 4 is 21.4 Å². The van der Waals surface area contributed by atoms with Crippen LogP contribution in [0, 0.1) is 28.7 Å². The van der Waals surface area contributed by atoms with E-state index in [1.807, 2.05) is 4.72 Å². The second-order valence-electron chi connectivity index (χ2n) is 4.44. The topological polar surface area (TPSA) is 89.3 Å². The van der Waals surface area contributed by atoms with Crippen molar-refractivity contribution in [1.29, 1.82) is 0 Å². The number of nitrogens with zero attached hydrogens (tertiary/aromatic N) is 1. The number of benzene rings is 2. The molecule has 0 radical (unpaired) electrons. The Morgan fingerprint density at radius 2 is 1.77 bits per heavy atom. The van der Waals surface area contributed by atoms with Crippen molar-refractivity contribution in [3.63, 3.8) is 0 Å². The number of rotatable bonds is 4. The zero-order valence-corrected chi connectivity index (χ0v) is 12.0. The van der Waals surface area contributed by atoms with Gasteiger partial charge in [-0.2, -0.15) is 4.39 Å². The highest BCUT2D eigenvalue weighted by Crippen LogP contribution is 2.24. The Labute approximate surface area is 124 Å². The first kappa shape index (κ1) is 15.8. The van der Waals surface area contributed by atoms with Crippen molar-refractivity contribution in [2.24, 2.45) is 0 Å². The number of hydrogen-bond acceptors (Lipinski definition) is 4. The minimum absolute atomic E-state index is 0.200. The molecule has 116 valence electrons. The molecule has 0 aliphatic carbocycles. The highest BCUT2D eigenvalue weighted by atomic mass is 32.2. The Hall–Kier alpha value is -2.55. The second kappa shape index (κ2) is 5.68. The van der Waals surface area contributed by atoms with Crippen molar-refractivity contribution in [1.82, 2.24) is 0 Å². The standard InChI is InChI=1S/C13H10F2N2O4S/c1-8-2-4-10(7-12(8)15)22(20,21)16-9-3-5-11(14)13(6-9)17(18)19/h2-7,16H,1H3. The van der Waals surface area contributed by atoms with Gasteiger partial charge in [-0.3, -0.25) is 14.8 Å². The molecule has 0 heterocycles. The summed E-state index contributed by atoms with van der Waals surface area (Å²) in [5.41, 5.74) is -0.791. The van der Waals surface area contributed by atoms with Gasteiger partial charge in [-0.05, 0) is 36.8 Å². The molecule has 0 aliphatic heterocycles. The third kappa shape index (κ3) is 3.19. The van der Waals surface area contributed by atoms with Gasteiger partial charge in [0.05, 0.1) is 15.5 Å². The van der Waals surface area contributed by atoms with Crippen LogP contribution in [0.4, 0.5) is 20.2 Å². The summed E-state index contributed by atoms with van der Waals surface area (Å²) in [6, 6.07) is 5.86. The van der Waals surface area contributed by atoms with E-state index in [0.29, 0.717) is 0 Å². The lowest BCUT2D eigenvalue weighted by Gasteiger charge is -2.09. The molecule has 9 heteroatoms. The van der Waals surface area contributed by atoms with Crippen LogP contribution in [-0.4, -0.2) is 13.3 Å². The van der Waals surface area contributed by atoms with Crippen LogP contribution < -0.4 is 4.72 Å². The van der Waals surface area contributed by atoms with E-state index in [-0.39, 0.29) is 16.1 Å². The van der Waals surface area contributed by atoms with Crippen LogP contribution in [0.1, 0.15) is 5.56 Å². The summed E-state index contributed by atoms with van der Waals surface area (Å²) in [6.45, 7) is 1.47. The minimum atomic E-state index is -4.14. The number of nitrogens with one attached hydrogen (secondary N) is 1. The maximum atomic E-state index is 13.4. The van der Waals surface area contributed by atoms with Gasteiger partial charge in [-0.15, -0.1) is 0 Å². The summed E-state index contributed by atoms with van der Waals surface area (Å²) in [4.78, 5) is 9.31. The van der Waals surface area contributed by atoms with E-state index in [0.717, 1.165) is 24.3 Å². The Balaban J connectivity index is 2.38. The summed E-state index contributed by atoms with van der Waals surface area (Å²) in [5.74, 6) is -1.79. The molecule has 2 rings (SSSR count). The van der Waals surface area contributed by atoms with Crippen LogP contribution in [0.15, 0.2) is 41.3 Å². The molecular weight excluding hydrogens is 318 g/mol. The number of aryl methyl sites for hydroxylation is 1. The summed E-state index contributed by atoms with van der Waals surface area (Å²) in [6.07, 6.45) is 0. The van der Waals surface area contributed by atoms with Crippen molar-refractivity contribution in [3.05, 3.63) is 63.7 Å². The monoisotopic (exact) mass is 328 g/mol. The molecule has 0 saturated heterocycles. The van der Waals surface area contributed by atoms with Gasteiger partial charge in [-0.1, -0.05) is 6.07 Å². The average molecular weight is 328 g/mol. The zero-order valence-electron chi connectivity index (χ0n) is 11.2. The maximum Gasteiger partial charge on any atom is 0.306 e. The predicted octanol–water partition coefficient (Wildman–Crippen LogP) is 2.98. The quantitative estimate of drug-likeness (QED) is 0.690. The molecule has 0 spiro atoms. The fraction of sp³-hybridized carbons (Fsp3) is 0.0769. The van der Waals surface area contributed by atoms with Crippen LogP contribution >= 0.6 is 0 Å². The van der Waals surface area contributed by atoms with Crippen LogP contribution in [-0.2, 0) is 10.0 Å². The van der Waals surface area contributed by atoms with Crippen LogP contribution in [0.3, 0.4) is 0 Å². The van der Waals surface area contributed by atoms with E-state index in [1.54, 1.807) is 0 Å². The summed E-state index contributed by atoms with van der Waals surface area (Å²) in [7, 11) is -4.14. The second-order valence-corrected chi connectivity index (χ2v) is 6.12. The van der Waals surface area contributed by atoms with Gasteiger partial charge < -0.3 is 0 Å². The van der Waals surface area contributed by atoms with E-state index in [1.165, 1.54) is 19.1 Å². The number of nitro groups is 1. The molecule has 6 nitrogen and oxygen atoms in total. The average Bonchev–Trinajstić information content (AvgIpc) is 2.43. The normalized spacial score (nSPS) is 11.2. The third-order valence-electron chi connectivity index (χ3n) is 2.85. The molecular formula is C13H10F2N2O4S. The SMILES string of the molecule is Cc1ccc(S(=O)(=O)Nc2ccc(F)c([N+](=O)[O-])c2)cc1F. The van der Waals surface area contributed by atoms with Gasteiger partial charge in [-0.25, -0.2) is 12.8 Å². The Morgan fingerprint density at radius 3 is 2.36 bits per heavy atom. The molecule has 0 amide bonds. The fourth-order valence-electron chi connectivity index (χ4n) is 1.67. The molecule has 1 N–H and O–H groups in total.